The van der Waals surface area contributed by atoms with Crippen molar-refractivity contribution in [3.05, 3.63) is 59.2 Å². The van der Waals surface area contributed by atoms with Gasteiger partial charge < -0.3 is 19.3 Å². The van der Waals surface area contributed by atoms with Crippen molar-refractivity contribution in [2.24, 2.45) is 0 Å². The number of carbonyl (C=O) groups excluding carboxylic acids is 3. The maximum Gasteiger partial charge on any atom is 0.255 e. The van der Waals surface area contributed by atoms with E-state index >= 15 is 0 Å². The van der Waals surface area contributed by atoms with Crippen LogP contribution >= 0.6 is 0 Å². The number of rotatable bonds is 6. The van der Waals surface area contributed by atoms with Crippen LogP contribution in [0.1, 0.15) is 65.9 Å². The van der Waals surface area contributed by atoms with E-state index in [1.54, 1.807) is 4.90 Å². The standard InChI is InChI=1S/C32H38N4O5/c37-30-12-11-28(31(38)33-30)36-20-22-17-25(9-10-26(22)32(36)39)41-29-4-2-1-3-27(29)35-18-23(19-35)21-5-7-24(8-6-21)34-13-15-40-16-14-34/h5-10,17,23,27-29H,1-4,11-16,18-20H2,(H,33,37,38)/t27-,28?,29+/m1/s1. The van der Waals surface area contributed by atoms with Gasteiger partial charge in [0, 0.05) is 62.4 Å². The van der Waals surface area contributed by atoms with Crippen LogP contribution in [0.15, 0.2) is 42.5 Å². The molecule has 9 nitrogen and oxygen atoms in total. The van der Waals surface area contributed by atoms with E-state index in [2.05, 4.69) is 39.4 Å². The summed E-state index contributed by atoms with van der Waals surface area (Å²) in [4.78, 5) is 43.6. The number of anilines is 1. The Hall–Kier alpha value is -3.43. The first-order valence-electron chi connectivity index (χ1n) is 15.1. The minimum absolute atomic E-state index is 0.120. The molecule has 9 heteroatoms. The van der Waals surface area contributed by atoms with Crippen molar-refractivity contribution in [2.75, 3.05) is 44.3 Å². The number of carbonyl (C=O) groups is 3. The molecule has 1 saturated carbocycles. The predicted molar refractivity (Wildman–Crippen MR) is 153 cm³/mol. The van der Waals surface area contributed by atoms with Gasteiger partial charge in [-0.25, -0.2) is 0 Å². The summed E-state index contributed by atoms with van der Waals surface area (Å²) in [6.45, 7) is 5.99. The highest BCUT2D eigenvalue weighted by atomic mass is 16.5. The zero-order valence-electron chi connectivity index (χ0n) is 23.4. The molecule has 4 aliphatic heterocycles. The number of morpholine rings is 1. The van der Waals surface area contributed by atoms with Crippen molar-refractivity contribution in [2.45, 2.75) is 69.2 Å². The fourth-order valence-corrected chi connectivity index (χ4v) is 7.20. The van der Waals surface area contributed by atoms with E-state index in [-0.39, 0.29) is 30.2 Å². The highest BCUT2D eigenvalue weighted by Gasteiger charge is 2.41. The number of fused-ring (bicyclic) bond motifs is 1. The Morgan fingerprint density at radius 1 is 0.902 bits per heavy atom. The third-order valence-electron chi connectivity index (χ3n) is 9.57. The van der Waals surface area contributed by atoms with Crippen molar-refractivity contribution in [1.29, 1.82) is 0 Å². The second kappa shape index (κ2) is 11.1. The Balaban J connectivity index is 0.974. The molecule has 1 unspecified atom stereocenters. The number of imide groups is 1. The SMILES string of the molecule is O=C1CCC(N2Cc3cc(O[C@H]4CCCC[C@H]4N4CC(c5ccc(N6CCOCC6)cc5)C4)ccc3C2=O)C(=O)N1. The fourth-order valence-electron chi connectivity index (χ4n) is 7.20. The first-order chi connectivity index (χ1) is 20.0. The molecule has 41 heavy (non-hydrogen) atoms. The van der Waals surface area contributed by atoms with Crippen molar-refractivity contribution >= 4 is 23.4 Å². The molecule has 3 saturated heterocycles. The molecule has 5 aliphatic rings. The van der Waals surface area contributed by atoms with Gasteiger partial charge in [0.05, 0.1) is 13.2 Å². The number of piperidine rings is 1. The molecule has 3 atom stereocenters. The minimum atomic E-state index is -0.602. The monoisotopic (exact) mass is 558 g/mol. The largest absolute Gasteiger partial charge is 0.489 e. The number of amides is 3. The molecular formula is C32H38N4O5. The van der Waals surface area contributed by atoms with Crippen molar-refractivity contribution < 1.29 is 23.9 Å². The van der Waals surface area contributed by atoms with Gasteiger partial charge in [0.1, 0.15) is 17.9 Å². The van der Waals surface area contributed by atoms with Gasteiger partial charge in [0.2, 0.25) is 11.8 Å². The van der Waals surface area contributed by atoms with Crippen molar-refractivity contribution in [3.63, 3.8) is 0 Å². The second-order valence-electron chi connectivity index (χ2n) is 12.1. The normalized spacial score (nSPS) is 27.4. The summed E-state index contributed by atoms with van der Waals surface area (Å²) < 4.78 is 12.1. The molecular weight excluding hydrogens is 520 g/mol. The molecule has 7 rings (SSSR count). The molecule has 2 aromatic carbocycles. The third kappa shape index (κ3) is 5.21. The Kier molecular flexibility index (Phi) is 7.16. The molecule has 0 spiro atoms. The number of benzene rings is 2. The number of nitrogens with one attached hydrogen (secondary N) is 1. The predicted octanol–water partition coefficient (Wildman–Crippen LogP) is 3.07. The van der Waals surface area contributed by atoms with Crippen LogP contribution in [0.25, 0.3) is 0 Å². The molecule has 0 bridgehead atoms. The van der Waals surface area contributed by atoms with Gasteiger partial charge in [-0.3, -0.25) is 24.6 Å². The van der Waals surface area contributed by atoms with E-state index in [1.807, 2.05) is 18.2 Å². The van der Waals surface area contributed by atoms with Gasteiger partial charge in [0.15, 0.2) is 0 Å². The summed E-state index contributed by atoms with van der Waals surface area (Å²) in [5.41, 5.74) is 4.20. The van der Waals surface area contributed by atoms with Gasteiger partial charge in [-0.05, 0) is 67.1 Å². The molecule has 216 valence electrons. The molecule has 3 amide bonds. The highest BCUT2D eigenvalue weighted by Crippen LogP contribution is 2.37. The van der Waals surface area contributed by atoms with Crippen LogP contribution in [0.3, 0.4) is 0 Å². The van der Waals surface area contributed by atoms with Gasteiger partial charge in [0.25, 0.3) is 5.91 Å². The summed E-state index contributed by atoms with van der Waals surface area (Å²) in [7, 11) is 0. The topological polar surface area (TPSA) is 91.4 Å². The smallest absolute Gasteiger partial charge is 0.255 e. The highest BCUT2D eigenvalue weighted by molar-refractivity contribution is 6.05. The van der Waals surface area contributed by atoms with Crippen LogP contribution < -0.4 is 15.0 Å². The van der Waals surface area contributed by atoms with Crippen LogP contribution in [0.4, 0.5) is 5.69 Å². The second-order valence-corrected chi connectivity index (χ2v) is 12.1. The van der Waals surface area contributed by atoms with Crippen molar-refractivity contribution in [1.82, 2.24) is 15.1 Å². The summed E-state index contributed by atoms with van der Waals surface area (Å²) in [6, 6.07) is 14.6. The van der Waals surface area contributed by atoms with Crippen LogP contribution in [-0.2, 0) is 20.9 Å². The van der Waals surface area contributed by atoms with E-state index in [4.69, 9.17) is 9.47 Å². The summed E-state index contributed by atoms with van der Waals surface area (Å²) in [6.07, 6.45) is 5.29. The first-order valence-corrected chi connectivity index (χ1v) is 15.1. The lowest BCUT2D eigenvalue weighted by Gasteiger charge is -2.48. The Morgan fingerprint density at radius 3 is 2.46 bits per heavy atom. The Morgan fingerprint density at radius 2 is 1.68 bits per heavy atom. The average molecular weight is 559 g/mol. The van der Waals surface area contributed by atoms with Crippen LogP contribution in [0.2, 0.25) is 0 Å². The van der Waals surface area contributed by atoms with Gasteiger partial charge in [-0.1, -0.05) is 18.6 Å². The summed E-state index contributed by atoms with van der Waals surface area (Å²) in [5, 5.41) is 2.37. The van der Waals surface area contributed by atoms with E-state index in [9.17, 15) is 14.4 Å². The molecule has 0 radical (unpaired) electrons. The average Bonchev–Trinajstić information content (AvgIpc) is 3.29. The molecule has 2 aromatic rings. The van der Waals surface area contributed by atoms with Gasteiger partial charge in [-0.2, -0.15) is 0 Å². The van der Waals surface area contributed by atoms with Crippen LogP contribution in [-0.4, -0.2) is 85.1 Å². The van der Waals surface area contributed by atoms with Crippen molar-refractivity contribution in [3.8, 4) is 5.75 Å². The lowest BCUT2D eigenvalue weighted by atomic mass is 9.84. The van der Waals surface area contributed by atoms with E-state index in [1.165, 1.54) is 17.7 Å². The zero-order valence-corrected chi connectivity index (χ0v) is 23.4. The first kappa shape index (κ1) is 26.5. The van der Waals surface area contributed by atoms with Gasteiger partial charge >= 0.3 is 0 Å². The molecule has 1 N–H and O–H groups in total. The van der Waals surface area contributed by atoms with E-state index < -0.39 is 6.04 Å². The number of hydrogen-bond donors (Lipinski definition) is 1. The summed E-state index contributed by atoms with van der Waals surface area (Å²) >= 11 is 0. The summed E-state index contributed by atoms with van der Waals surface area (Å²) in [5.74, 6) is 0.532. The minimum Gasteiger partial charge on any atom is -0.489 e. The molecule has 1 aliphatic carbocycles. The third-order valence-corrected chi connectivity index (χ3v) is 9.57. The van der Waals surface area contributed by atoms with E-state index in [0.29, 0.717) is 30.5 Å². The molecule has 4 heterocycles. The quantitative estimate of drug-likeness (QED) is 0.545. The Labute approximate surface area is 240 Å². The maximum atomic E-state index is 13.1. The number of likely N-dealkylation sites (tertiary alicyclic amines) is 1. The Bertz CT molecular complexity index is 1320. The lowest BCUT2D eigenvalue weighted by Crippen LogP contribution is -2.57. The number of hydrogen-bond acceptors (Lipinski definition) is 7. The van der Waals surface area contributed by atoms with Gasteiger partial charge in [-0.15, -0.1) is 0 Å². The molecule has 0 aromatic heterocycles. The lowest BCUT2D eigenvalue weighted by molar-refractivity contribution is -0.136. The fraction of sp³-hybridized carbons (Fsp3) is 0.531. The zero-order chi connectivity index (χ0) is 27.9. The molecule has 4 fully saturated rings. The van der Waals surface area contributed by atoms with E-state index in [0.717, 1.165) is 70.0 Å². The maximum absolute atomic E-state index is 13.1. The number of nitrogens with zero attached hydrogens (tertiary/aromatic N) is 3. The van der Waals surface area contributed by atoms with Crippen LogP contribution in [0, 0.1) is 0 Å². The number of ether oxygens (including phenoxy) is 2. The van der Waals surface area contributed by atoms with Crippen LogP contribution in [0.5, 0.6) is 5.75 Å².